The van der Waals surface area contributed by atoms with E-state index >= 15 is 0 Å². The van der Waals surface area contributed by atoms with Gasteiger partial charge >= 0.3 is 0 Å². The molecular weight excluding hydrogens is 418 g/mol. The van der Waals surface area contributed by atoms with Crippen LogP contribution in [0.2, 0.25) is 0 Å². The summed E-state index contributed by atoms with van der Waals surface area (Å²) in [7, 11) is 0. The summed E-state index contributed by atoms with van der Waals surface area (Å²) in [4.78, 5) is 24.0. The summed E-state index contributed by atoms with van der Waals surface area (Å²) in [5.41, 5.74) is 4.21. The quantitative estimate of drug-likeness (QED) is 0.323. The van der Waals surface area contributed by atoms with Crippen LogP contribution >= 0.6 is 0 Å². The lowest BCUT2D eigenvalue weighted by molar-refractivity contribution is -0.384. The fourth-order valence-corrected chi connectivity index (χ4v) is 3.58. The van der Waals surface area contributed by atoms with Crippen molar-refractivity contribution < 1.29 is 14.8 Å². The summed E-state index contributed by atoms with van der Waals surface area (Å²) >= 11 is 0. The van der Waals surface area contributed by atoms with E-state index < -0.39 is 4.92 Å². The van der Waals surface area contributed by atoms with Crippen molar-refractivity contribution in [3.63, 3.8) is 0 Å². The Labute approximate surface area is 190 Å². The zero-order valence-corrected chi connectivity index (χ0v) is 18.1. The predicted molar refractivity (Wildman–Crippen MR) is 129 cm³/mol. The first-order valence-corrected chi connectivity index (χ1v) is 10.3. The monoisotopic (exact) mass is 439 g/mol. The van der Waals surface area contributed by atoms with Crippen LogP contribution in [0.25, 0.3) is 11.6 Å². The van der Waals surface area contributed by atoms with Crippen LogP contribution in [0.4, 0.5) is 11.4 Å². The minimum atomic E-state index is -0.523. The lowest BCUT2D eigenvalue weighted by Gasteiger charge is -2.13. The SMILES string of the molecule is CC1=NN(c2ccccc2)C(=O)C1=C(C=Cc1cc([N+](=O)[O-])ccc1O)c1ccc(C)cc1. The number of allylic oxidation sites excluding steroid dienone is 2. The summed E-state index contributed by atoms with van der Waals surface area (Å²) in [6.07, 6.45) is 3.25. The first-order chi connectivity index (χ1) is 15.8. The second-order valence-corrected chi connectivity index (χ2v) is 7.63. The maximum absolute atomic E-state index is 13.4. The van der Waals surface area contributed by atoms with Crippen molar-refractivity contribution in [2.75, 3.05) is 5.01 Å². The van der Waals surface area contributed by atoms with Crippen LogP contribution in [0.1, 0.15) is 23.6 Å². The number of hydrogen-bond acceptors (Lipinski definition) is 5. The Bertz CT molecular complexity index is 1320. The number of phenols is 1. The Balaban J connectivity index is 1.84. The van der Waals surface area contributed by atoms with E-state index in [-0.39, 0.29) is 22.9 Å². The fraction of sp³-hybridized carbons (Fsp3) is 0.0769. The standard InChI is InChI=1S/C26H21N3O4/c1-17-8-10-19(11-9-17)23(14-12-20-16-22(29(32)33)13-15-24(20)30)25-18(2)27-28(26(25)31)21-6-4-3-5-7-21/h3-16,30H,1-2H3. The number of carbonyl (C=O) groups excluding carboxylic acids is 1. The Morgan fingerprint density at radius 2 is 1.73 bits per heavy atom. The zero-order valence-electron chi connectivity index (χ0n) is 18.1. The molecule has 0 saturated heterocycles. The number of para-hydroxylation sites is 1. The molecule has 0 bridgehead atoms. The zero-order chi connectivity index (χ0) is 23.5. The molecule has 7 nitrogen and oxygen atoms in total. The minimum absolute atomic E-state index is 0.0980. The Kier molecular flexibility index (Phi) is 5.87. The number of nitrogens with zero attached hydrogens (tertiary/aromatic N) is 3. The van der Waals surface area contributed by atoms with Crippen molar-refractivity contribution in [1.82, 2.24) is 0 Å². The molecule has 1 N–H and O–H groups in total. The summed E-state index contributed by atoms with van der Waals surface area (Å²) in [5.74, 6) is -0.374. The van der Waals surface area contributed by atoms with Crippen molar-refractivity contribution in [2.45, 2.75) is 13.8 Å². The lowest BCUT2D eigenvalue weighted by atomic mass is 9.95. The van der Waals surface area contributed by atoms with E-state index in [1.54, 1.807) is 31.2 Å². The van der Waals surface area contributed by atoms with Gasteiger partial charge in [-0.15, -0.1) is 0 Å². The van der Waals surface area contributed by atoms with Gasteiger partial charge in [0.15, 0.2) is 0 Å². The van der Waals surface area contributed by atoms with Crippen LogP contribution in [0.3, 0.4) is 0 Å². The summed E-state index contributed by atoms with van der Waals surface area (Å²) < 4.78 is 0. The molecule has 0 saturated carbocycles. The molecule has 1 aliphatic heterocycles. The number of anilines is 1. The van der Waals surface area contributed by atoms with Crippen LogP contribution < -0.4 is 5.01 Å². The number of hydrogen-bond donors (Lipinski definition) is 1. The van der Waals surface area contributed by atoms with Crippen LogP contribution in [0.15, 0.2) is 89.5 Å². The molecule has 0 radical (unpaired) electrons. The summed E-state index contributed by atoms with van der Waals surface area (Å²) in [5, 5.41) is 27.2. The number of benzene rings is 3. The number of nitro benzene ring substituents is 1. The predicted octanol–water partition coefficient (Wildman–Crippen LogP) is 5.50. The molecule has 1 aliphatic rings. The van der Waals surface area contributed by atoms with Gasteiger partial charge in [0.2, 0.25) is 0 Å². The van der Waals surface area contributed by atoms with Crippen molar-refractivity contribution >= 4 is 34.6 Å². The maximum Gasteiger partial charge on any atom is 0.281 e. The molecule has 0 aliphatic carbocycles. The molecule has 0 atom stereocenters. The van der Waals surface area contributed by atoms with E-state index in [9.17, 15) is 20.0 Å². The van der Waals surface area contributed by atoms with E-state index in [1.165, 1.54) is 23.2 Å². The minimum Gasteiger partial charge on any atom is -0.507 e. The number of non-ortho nitro benzene ring substituents is 1. The molecule has 0 aromatic heterocycles. The largest absolute Gasteiger partial charge is 0.507 e. The maximum atomic E-state index is 13.4. The number of amides is 1. The second-order valence-electron chi connectivity index (χ2n) is 7.63. The van der Waals surface area contributed by atoms with Crippen LogP contribution in [-0.2, 0) is 4.79 Å². The molecule has 0 spiro atoms. The normalized spacial score (nSPS) is 15.2. The Morgan fingerprint density at radius 3 is 2.39 bits per heavy atom. The van der Waals surface area contributed by atoms with E-state index in [0.717, 1.165) is 11.1 Å². The number of carbonyl (C=O) groups is 1. The highest BCUT2D eigenvalue weighted by molar-refractivity contribution is 6.34. The number of nitro groups is 1. The first kappa shape index (κ1) is 21.7. The van der Waals surface area contributed by atoms with Gasteiger partial charge in [-0.05, 0) is 43.2 Å². The van der Waals surface area contributed by atoms with Gasteiger partial charge in [-0.2, -0.15) is 10.1 Å². The molecule has 3 aromatic rings. The average molecular weight is 439 g/mol. The van der Waals surface area contributed by atoms with Crippen LogP contribution in [0, 0.1) is 17.0 Å². The molecule has 1 heterocycles. The number of phenolic OH excluding ortho intramolecular Hbond substituents is 1. The van der Waals surface area contributed by atoms with Gasteiger partial charge in [-0.1, -0.05) is 60.2 Å². The van der Waals surface area contributed by atoms with Crippen molar-refractivity contribution in [3.8, 4) is 5.75 Å². The Hall–Kier alpha value is -4.52. The van der Waals surface area contributed by atoms with E-state index in [0.29, 0.717) is 22.5 Å². The van der Waals surface area contributed by atoms with Crippen LogP contribution in [0.5, 0.6) is 5.75 Å². The van der Waals surface area contributed by atoms with Gasteiger partial charge in [-0.25, -0.2) is 0 Å². The smallest absolute Gasteiger partial charge is 0.281 e. The van der Waals surface area contributed by atoms with Crippen molar-refractivity contribution in [3.05, 3.63) is 111 Å². The number of aryl methyl sites for hydroxylation is 1. The van der Waals surface area contributed by atoms with Crippen molar-refractivity contribution in [1.29, 1.82) is 0 Å². The molecular formula is C26H21N3O4. The highest BCUT2D eigenvalue weighted by Crippen LogP contribution is 2.32. The molecule has 4 rings (SSSR count). The van der Waals surface area contributed by atoms with Crippen molar-refractivity contribution in [2.24, 2.45) is 5.10 Å². The molecule has 33 heavy (non-hydrogen) atoms. The van der Waals surface area contributed by atoms with Crippen LogP contribution in [-0.4, -0.2) is 21.6 Å². The highest BCUT2D eigenvalue weighted by atomic mass is 16.6. The molecule has 164 valence electrons. The highest BCUT2D eigenvalue weighted by Gasteiger charge is 2.31. The molecule has 3 aromatic carbocycles. The van der Waals surface area contributed by atoms with Gasteiger partial charge in [0.25, 0.3) is 11.6 Å². The molecule has 0 fully saturated rings. The number of rotatable bonds is 5. The molecule has 7 heteroatoms. The van der Waals surface area contributed by atoms with E-state index in [1.807, 2.05) is 49.4 Å². The first-order valence-electron chi connectivity index (χ1n) is 10.3. The number of aromatic hydroxyl groups is 1. The van der Waals surface area contributed by atoms with E-state index in [4.69, 9.17) is 0 Å². The third-order valence-corrected chi connectivity index (χ3v) is 5.30. The Morgan fingerprint density at radius 1 is 1.03 bits per heavy atom. The van der Waals surface area contributed by atoms with Gasteiger partial charge in [-0.3, -0.25) is 14.9 Å². The third kappa shape index (κ3) is 4.43. The summed E-state index contributed by atoms with van der Waals surface area (Å²) in [6, 6.07) is 20.6. The van der Waals surface area contributed by atoms with Gasteiger partial charge in [0.05, 0.1) is 21.9 Å². The lowest BCUT2D eigenvalue weighted by Crippen LogP contribution is -2.21. The van der Waals surface area contributed by atoms with Gasteiger partial charge in [0, 0.05) is 17.7 Å². The topological polar surface area (TPSA) is 96.0 Å². The fourth-order valence-electron chi connectivity index (χ4n) is 3.58. The second kappa shape index (κ2) is 8.92. The van der Waals surface area contributed by atoms with E-state index in [2.05, 4.69) is 5.10 Å². The third-order valence-electron chi connectivity index (χ3n) is 5.30. The summed E-state index contributed by atoms with van der Waals surface area (Å²) in [6.45, 7) is 3.74. The number of hydrazone groups is 1. The molecule has 0 unspecified atom stereocenters. The van der Waals surface area contributed by atoms with Gasteiger partial charge in [0.1, 0.15) is 5.75 Å². The van der Waals surface area contributed by atoms with Gasteiger partial charge < -0.3 is 5.11 Å². The molecule has 1 amide bonds. The average Bonchev–Trinajstić information content (AvgIpc) is 3.10.